The van der Waals surface area contributed by atoms with Gasteiger partial charge in [0.25, 0.3) is 5.56 Å². The summed E-state index contributed by atoms with van der Waals surface area (Å²) in [6, 6.07) is 7.31. The van der Waals surface area contributed by atoms with Crippen molar-refractivity contribution >= 4 is 16.8 Å². The van der Waals surface area contributed by atoms with E-state index in [0.29, 0.717) is 42.8 Å². The number of benzene rings is 1. The molecule has 0 aliphatic carbocycles. The van der Waals surface area contributed by atoms with Crippen molar-refractivity contribution in [3.8, 4) is 0 Å². The number of hydrogen-bond donors (Lipinski definition) is 0. The summed E-state index contributed by atoms with van der Waals surface area (Å²) >= 11 is 0. The Balaban J connectivity index is 1.70. The predicted molar refractivity (Wildman–Crippen MR) is 96.6 cm³/mol. The predicted octanol–water partition coefficient (Wildman–Crippen LogP) is 2.12. The molecule has 6 heteroatoms. The zero-order chi connectivity index (χ0) is 17.8. The summed E-state index contributed by atoms with van der Waals surface area (Å²) in [5.74, 6) is 0.714. The molecule has 0 bridgehead atoms. The largest absolute Gasteiger partial charge is 0.377 e. The van der Waals surface area contributed by atoms with E-state index in [-0.39, 0.29) is 17.6 Å². The zero-order valence-corrected chi connectivity index (χ0v) is 14.9. The van der Waals surface area contributed by atoms with Crippen LogP contribution in [0.5, 0.6) is 0 Å². The summed E-state index contributed by atoms with van der Waals surface area (Å²) in [4.78, 5) is 31.5. The van der Waals surface area contributed by atoms with Crippen molar-refractivity contribution in [3.63, 3.8) is 0 Å². The third-order valence-corrected chi connectivity index (χ3v) is 4.73. The van der Waals surface area contributed by atoms with E-state index in [0.717, 1.165) is 19.4 Å². The number of likely N-dealkylation sites (tertiary alicyclic amines) is 1. The maximum absolute atomic E-state index is 12.7. The van der Waals surface area contributed by atoms with Gasteiger partial charge in [-0.05, 0) is 38.8 Å². The number of nitrogens with zero attached hydrogens (tertiary/aromatic N) is 3. The first kappa shape index (κ1) is 17.6. The standard InChI is InChI=1S/C19H25N3O3/c1-3-25-15-7-6-11-21(13-15)18(23)10-12-22-14(2)20-17-9-5-4-8-16(17)19(22)24/h4-5,8-9,15H,3,6-7,10-13H2,1-2H3/t15-/m1/s1. The van der Waals surface area contributed by atoms with E-state index in [2.05, 4.69) is 4.98 Å². The average molecular weight is 343 g/mol. The maximum atomic E-state index is 12.7. The number of piperidine rings is 1. The lowest BCUT2D eigenvalue weighted by molar-refractivity contribution is -0.135. The molecule has 6 nitrogen and oxygen atoms in total. The fourth-order valence-corrected chi connectivity index (χ4v) is 3.44. The monoisotopic (exact) mass is 343 g/mol. The number of rotatable bonds is 5. The van der Waals surface area contributed by atoms with Gasteiger partial charge in [-0.15, -0.1) is 0 Å². The third kappa shape index (κ3) is 3.90. The number of carbonyl (C=O) groups excluding carboxylic acids is 1. The van der Waals surface area contributed by atoms with Crippen LogP contribution in [0.3, 0.4) is 0 Å². The van der Waals surface area contributed by atoms with Crippen molar-refractivity contribution in [3.05, 3.63) is 40.4 Å². The number of amides is 1. The fourth-order valence-electron chi connectivity index (χ4n) is 3.44. The SMILES string of the molecule is CCO[C@@H]1CCCN(C(=O)CCn2c(C)nc3ccccc3c2=O)C1. The third-order valence-electron chi connectivity index (χ3n) is 4.73. The molecule has 25 heavy (non-hydrogen) atoms. The first-order valence-corrected chi connectivity index (χ1v) is 8.95. The summed E-state index contributed by atoms with van der Waals surface area (Å²) in [5.41, 5.74) is 0.616. The summed E-state index contributed by atoms with van der Waals surface area (Å²) in [6.07, 6.45) is 2.41. The molecule has 1 aromatic carbocycles. The minimum Gasteiger partial charge on any atom is -0.377 e. The second-order valence-electron chi connectivity index (χ2n) is 6.44. The molecule has 0 N–H and O–H groups in total. The average Bonchev–Trinajstić information content (AvgIpc) is 2.62. The summed E-state index contributed by atoms with van der Waals surface area (Å²) in [6.45, 7) is 6.23. The first-order chi connectivity index (χ1) is 12.1. The van der Waals surface area contributed by atoms with Crippen molar-refractivity contribution in [2.24, 2.45) is 0 Å². The van der Waals surface area contributed by atoms with Crippen molar-refractivity contribution in [1.29, 1.82) is 0 Å². The molecule has 2 aromatic rings. The lowest BCUT2D eigenvalue weighted by atomic mass is 10.1. The molecule has 1 amide bonds. The molecule has 1 saturated heterocycles. The topological polar surface area (TPSA) is 64.4 Å². The number of aryl methyl sites for hydroxylation is 1. The van der Waals surface area contributed by atoms with Crippen LogP contribution in [0.1, 0.15) is 32.0 Å². The molecule has 0 saturated carbocycles. The van der Waals surface area contributed by atoms with Gasteiger partial charge in [-0.1, -0.05) is 12.1 Å². The second kappa shape index (κ2) is 7.78. The van der Waals surface area contributed by atoms with E-state index < -0.39 is 0 Å². The number of fused-ring (bicyclic) bond motifs is 1. The molecular formula is C19H25N3O3. The van der Waals surface area contributed by atoms with E-state index in [1.807, 2.05) is 36.9 Å². The van der Waals surface area contributed by atoms with Crippen LogP contribution in [0, 0.1) is 6.92 Å². The van der Waals surface area contributed by atoms with Crippen LogP contribution in [0.15, 0.2) is 29.1 Å². The highest BCUT2D eigenvalue weighted by atomic mass is 16.5. The Morgan fingerprint density at radius 2 is 2.16 bits per heavy atom. The van der Waals surface area contributed by atoms with Crippen LogP contribution in [0.4, 0.5) is 0 Å². The molecular weight excluding hydrogens is 318 g/mol. The van der Waals surface area contributed by atoms with Gasteiger partial charge in [0.1, 0.15) is 5.82 Å². The van der Waals surface area contributed by atoms with Gasteiger partial charge in [0.15, 0.2) is 0 Å². The molecule has 1 fully saturated rings. The second-order valence-corrected chi connectivity index (χ2v) is 6.44. The molecule has 1 atom stereocenters. The molecule has 0 spiro atoms. The van der Waals surface area contributed by atoms with Crippen LogP contribution in [0.2, 0.25) is 0 Å². The Morgan fingerprint density at radius 1 is 1.36 bits per heavy atom. The van der Waals surface area contributed by atoms with Crippen molar-refractivity contribution in [1.82, 2.24) is 14.5 Å². The highest BCUT2D eigenvalue weighted by molar-refractivity contribution is 5.78. The number of para-hydroxylation sites is 1. The van der Waals surface area contributed by atoms with Crippen LogP contribution in [-0.4, -0.2) is 46.2 Å². The van der Waals surface area contributed by atoms with E-state index in [4.69, 9.17) is 4.74 Å². The van der Waals surface area contributed by atoms with Gasteiger partial charge in [-0.2, -0.15) is 0 Å². The smallest absolute Gasteiger partial charge is 0.261 e. The molecule has 3 rings (SSSR count). The van der Waals surface area contributed by atoms with Crippen LogP contribution in [0.25, 0.3) is 10.9 Å². The fraction of sp³-hybridized carbons (Fsp3) is 0.526. The normalized spacial score (nSPS) is 17.8. The lowest BCUT2D eigenvalue weighted by Crippen LogP contribution is -2.43. The summed E-state index contributed by atoms with van der Waals surface area (Å²) in [5, 5.41) is 0.593. The van der Waals surface area contributed by atoms with Crippen LogP contribution in [-0.2, 0) is 16.1 Å². The Kier molecular flexibility index (Phi) is 5.48. The van der Waals surface area contributed by atoms with E-state index >= 15 is 0 Å². The van der Waals surface area contributed by atoms with Gasteiger partial charge in [0, 0.05) is 32.7 Å². The van der Waals surface area contributed by atoms with Crippen molar-refractivity contribution in [2.75, 3.05) is 19.7 Å². The number of hydrogen-bond acceptors (Lipinski definition) is 4. The maximum Gasteiger partial charge on any atom is 0.261 e. The molecule has 1 aliphatic rings. The minimum absolute atomic E-state index is 0.0730. The van der Waals surface area contributed by atoms with Gasteiger partial charge < -0.3 is 9.64 Å². The van der Waals surface area contributed by atoms with E-state index in [1.165, 1.54) is 0 Å². The quantitative estimate of drug-likeness (QED) is 0.834. The molecule has 0 unspecified atom stereocenters. The Hall–Kier alpha value is -2.21. The van der Waals surface area contributed by atoms with Gasteiger partial charge in [-0.25, -0.2) is 4.98 Å². The van der Waals surface area contributed by atoms with Gasteiger partial charge in [0.05, 0.1) is 17.0 Å². The van der Waals surface area contributed by atoms with Crippen LogP contribution < -0.4 is 5.56 Å². The summed E-state index contributed by atoms with van der Waals surface area (Å²) in [7, 11) is 0. The molecule has 134 valence electrons. The van der Waals surface area contributed by atoms with Gasteiger partial charge >= 0.3 is 0 Å². The Morgan fingerprint density at radius 3 is 2.96 bits per heavy atom. The van der Waals surface area contributed by atoms with E-state index in [9.17, 15) is 9.59 Å². The highest BCUT2D eigenvalue weighted by Crippen LogP contribution is 2.15. The van der Waals surface area contributed by atoms with Crippen molar-refractivity contribution < 1.29 is 9.53 Å². The van der Waals surface area contributed by atoms with Gasteiger partial charge in [0.2, 0.25) is 5.91 Å². The molecule has 0 radical (unpaired) electrons. The number of aromatic nitrogens is 2. The van der Waals surface area contributed by atoms with E-state index in [1.54, 1.807) is 10.6 Å². The van der Waals surface area contributed by atoms with Crippen LogP contribution >= 0.6 is 0 Å². The number of ether oxygens (including phenoxy) is 1. The first-order valence-electron chi connectivity index (χ1n) is 8.95. The highest BCUT2D eigenvalue weighted by Gasteiger charge is 2.23. The zero-order valence-electron chi connectivity index (χ0n) is 14.9. The molecule has 1 aliphatic heterocycles. The molecule has 2 heterocycles. The molecule has 1 aromatic heterocycles. The van der Waals surface area contributed by atoms with Gasteiger partial charge in [-0.3, -0.25) is 14.2 Å². The summed E-state index contributed by atoms with van der Waals surface area (Å²) < 4.78 is 7.25. The minimum atomic E-state index is -0.0817. The Bertz CT molecular complexity index is 813. The number of carbonyl (C=O) groups is 1. The van der Waals surface area contributed by atoms with Crippen molar-refractivity contribution in [2.45, 2.75) is 45.8 Å². The lowest BCUT2D eigenvalue weighted by Gasteiger charge is -2.32. The Labute approximate surface area is 147 Å².